The third-order valence-corrected chi connectivity index (χ3v) is 1.05. The van der Waals surface area contributed by atoms with Crippen LogP contribution in [0.3, 0.4) is 0 Å². The highest BCUT2D eigenvalue weighted by atomic mass is 32.2. The average Bonchev–Trinajstić information content (AvgIpc) is 2.64. The summed E-state index contributed by atoms with van der Waals surface area (Å²) < 4.78 is 12.4. The molecule has 0 radical (unpaired) electrons. The van der Waals surface area contributed by atoms with Gasteiger partial charge in [-0.2, -0.15) is 4.40 Å². The second-order valence-electron chi connectivity index (χ2n) is 1.34. The van der Waals surface area contributed by atoms with Crippen LogP contribution in [-0.4, -0.2) is 16.5 Å². The summed E-state index contributed by atoms with van der Waals surface area (Å²) >= 11 is 1.08. The highest BCUT2D eigenvalue weighted by molar-refractivity contribution is 7.93. The molecule has 11 heavy (non-hydrogen) atoms. The zero-order valence-electron chi connectivity index (χ0n) is 5.45. The predicted octanol–water partition coefficient (Wildman–Crippen LogP) is 1.23. The van der Waals surface area contributed by atoms with Gasteiger partial charge in [0.2, 0.25) is 12.2 Å². The Morgan fingerprint density at radius 2 is 2.00 bits per heavy atom. The van der Waals surface area contributed by atoms with E-state index in [4.69, 9.17) is 0 Å². The minimum absolute atomic E-state index is 1.08. The molecule has 58 valence electrons. The number of allylic oxidation sites excluding steroid dienone is 1. The van der Waals surface area contributed by atoms with Gasteiger partial charge in [0.1, 0.15) is 6.26 Å². The Bertz CT molecular complexity index is 192. The summed E-state index contributed by atoms with van der Waals surface area (Å²) in [6.45, 7) is 0. The van der Waals surface area contributed by atoms with E-state index in [0.29, 0.717) is 0 Å². The quantitative estimate of drug-likeness (QED) is 0.434. The van der Waals surface area contributed by atoms with Crippen LogP contribution in [0.25, 0.3) is 0 Å². The molecule has 0 amide bonds. The molecule has 1 aliphatic rings. The molecule has 0 saturated carbocycles. The van der Waals surface area contributed by atoms with E-state index >= 15 is 0 Å². The molecule has 0 N–H and O–H groups in total. The molecule has 1 aliphatic heterocycles. The van der Waals surface area contributed by atoms with Crippen molar-refractivity contribution < 1.29 is 8.81 Å². The van der Waals surface area contributed by atoms with E-state index < -0.39 is 0 Å². The van der Waals surface area contributed by atoms with Gasteiger partial charge in [-0.1, -0.05) is 10.3 Å². The van der Waals surface area contributed by atoms with E-state index in [0.717, 1.165) is 12.2 Å². The molecule has 0 atom stereocenters. The van der Waals surface area contributed by atoms with Crippen LogP contribution in [0, 0.1) is 0 Å². The Morgan fingerprint density at radius 3 is 2.18 bits per heavy atom. The molecule has 0 aromatic carbocycles. The third kappa shape index (κ3) is 4.15. The standard InChI is InChI=1S/C3H3NOS.C2H2N2O/c1-2-4-6-5-3-1;1-2-4-5-3-1/h1-3H;1-2H. The third-order valence-electron chi connectivity index (χ3n) is 0.650. The first-order chi connectivity index (χ1) is 5.50. The SMILES string of the molecule is C1=COSN=C1.c1cnon1. The van der Waals surface area contributed by atoms with Gasteiger partial charge in [-0.3, -0.25) is 0 Å². The van der Waals surface area contributed by atoms with Crippen LogP contribution in [0.15, 0.2) is 33.8 Å². The van der Waals surface area contributed by atoms with Crippen LogP contribution in [0.5, 0.6) is 0 Å². The van der Waals surface area contributed by atoms with E-state index in [9.17, 15) is 0 Å². The van der Waals surface area contributed by atoms with Gasteiger partial charge >= 0.3 is 0 Å². The fourth-order valence-corrected chi connectivity index (χ4v) is 0.596. The molecule has 0 bridgehead atoms. The molecule has 2 rings (SSSR count). The fourth-order valence-electron chi connectivity index (χ4n) is 0.313. The lowest BCUT2D eigenvalue weighted by atomic mass is 10.7. The summed E-state index contributed by atoms with van der Waals surface area (Å²) in [5.41, 5.74) is 0. The normalized spacial score (nSPS) is 13.1. The van der Waals surface area contributed by atoms with Crippen molar-refractivity contribution in [1.29, 1.82) is 0 Å². The average molecular weight is 171 g/mol. The Labute approximate surface area is 67.4 Å². The van der Waals surface area contributed by atoms with Crippen LogP contribution in [0.4, 0.5) is 0 Å². The molecule has 0 unspecified atom stereocenters. The molecule has 2 heterocycles. The molecule has 0 aliphatic carbocycles. The van der Waals surface area contributed by atoms with Crippen LogP contribution in [0.2, 0.25) is 0 Å². The van der Waals surface area contributed by atoms with Crippen molar-refractivity contribution in [2.75, 3.05) is 0 Å². The van der Waals surface area contributed by atoms with Crippen molar-refractivity contribution in [3.63, 3.8) is 0 Å². The maximum atomic E-state index is 4.61. The lowest BCUT2D eigenvalue weighted by Crippen LogP contribution is -1.70. The van der Waals surface area contributed by atoms with E-state index in [1.54, 1.807) is 18.6 Å². The molecule has 1 aromatic heterocycles. The van der Waals surface area contributed by atoms with Crippen LogP contribution < -0.4 is 0 Å². The predicted molar refractivity (Wildman–Crippen MR) is 40.6 cm³/mol. The fraction of sp³-hybridized carbons (Fsp3) is 0. The van der Waals surface area contributed by atoms with Crippen molar-refractivity contribution in [3.05, 3.63) is 24.7 Å². The molecule has 5 nitrogen and oxygen atoms in total. The van der Waals surface area contributed by atoms with Crippen LogP contribution in [-0.2, 0) is 4.18 Å². The van der Waals surface area contributed by atoms with E-state index in [1.165, 1.54) is 12.4 Å². The lowest BCUT2D eigenvalue weighted by molar-refractivity contribution is 0.307. The molecular formula is C5H5N3O2S. The number of aromatic nitrogens is 2. The molecule has 0 spiro atoms. The van der Waals surface area contributed by atoms with Gasteiger partial charge in [-0.25, -0.2) is 4.63 Å². The molecular weight excluding hydrogens is 166 g/mol. The smallest absolute Gasteiger partial charge is 0.200 e. The summed E-state index contributed by atoms with van der Waals surface area (Å²) in [5.74, 6) is 0. The maximum Gasteiger partial charge on any atom is 0.200 e. The van der Waals surface area contributed by atoms with Crippen molar-refractivity contribution in [3.8, 4) is 0 Å². The zero-order valence-corrected chi connectivity index (χ0v) is 6.27. The van der Waals surface area contributed by atoms with Gasteiger partial charge in [-0.05, 0) is 6.08 Å². The van der Waals surface area contributed by atoms with Crippen molar-refractivity contribution >= 4 is 18.4 Å². The van der Waals surface area contributed by atoms with E-state index in [-0.39, 0.29) is 0 Å². The van der Waals surface area contributed by atoms with Gasteiger partial charge in [-0.15, -0.1) is 0 Å². The van der Waals surface area contributed by atoms with E-state index in [2.05, 4.69) is 23.5 Å². The highest BCUT2D eigenvalue weighted by Crippen LogP contribution is 2.05. The Kier molecular flexibility index (Phi) is 3.89. The summed E-state index contributed by atoms with van der Waals surface area (Å²) in [4.78, 5) is 0. The Morgan fingerprint density at radius 1 is 1.18 bits per heavy atom. The minimum Gasteiger partial charge on any atom is -0.412 e. The minimum atomic E-state index is 1.08. The summed E-state index contributed by atoms with van der Waals surface area (Å²) in [5, 5.41) is 6.47. The zero-order chi connectivity index (χ0) is 7.78. The van der Waals surface area contributed by atoms with Gasteiger partial charge in [0.25, 0.3) is 0 Å². The van der Waals surface area contributed by atoms with Gasteiger partial charge in [0.15, 0.2) is 0 Å². The lowest BCUT2D eigenvalue weighted by Gasteiger charge is -1.90. The molecule has 1 aromatic rings. The van der Waals surface area contributed by atoms with Crippen molar-refractivity contribution in [2.45, 2.75) is 0 Å². The van der Waals surface area contributed by atoms with E-state index in [1.807, 2.05) is 0 Å². The van der Waals surface area contributed by atoms with Crippen molar-refractivity contribution in [2.24, 2.45) is 4.40 Å². The first-order valence-electron chi connectivity index (χ1n) is 2.72. The first-order valence-corrected chi connectivity index (χ1v) is 3.42. The van der Waals surface area contributed by atoms with Gasteiger partial charge in [0, 0.05) is 6.21 Å². The molecule has 0 saturated heterocycles. The monoisotopic (exact) mass is 171 g/mol. The molecule has 0 fully saturated rings. The second-order valence-corrected chi connectivity index (χ2v) is 1.90. The van der Waals surface area contributed by atoms with Crippen molar-refractivity contribution in [1.82, 2.24) is 10.3 Å². The summed E-state index contributed by atoms with van der Waals surface area (Å²) in [6, 6.07) is 0. The number of hydrogen-bond donors (Lipinski definition) is 0. The topological polar surface area (TPSA) is 60.5 Å². The van der Waals surface area contributed by atoms with Crippen LogP contribution >= 0.6 is 12.2 Å². The maximum absolute atomic E-state index is 4.61. The van der Waals surface area contributed by atoms with Crippen LogP contribution in [0.1, 0.15) is 0 Å². The number of rotatable bonds is 0. The number of nitrogens with zero attached hydrogens (tertiary/aromatic N) is 3. The largest absolute Gasteiger partial charge is 0.412 e. The second kappa shape index (κ2) is 5.48. The Balaban J connectivity index is 0.000000112. The van der Waals surface area contributed by atoms with Gasteiger partial charge < -0.3 is 4.18 Å². The summed E-state index contributed by atoms with van der Waals surface area (Å²) in [6.07, 6.45) is 7.93. The Hall–Kier alpha value is -1.30. The number of hydrogen-bond acceptors (Lipinski definition) is 6. The highest BCUT2D eigenvalue weighted by Gasteiger charge is 1.79. The summed E-state index contributed by atoms with van der Waals surface area (Å²) in [7, 11) is 0. The molecule has 6 heteroatoms. The van der Waals surface area contributed by atoms with Gasteiger partial charge in [0.05, 0.1) is 12.4 Å². The first kappa shape index (κ1) is 7.80.